The van der Waals surface area contributed by atoms with E-state index < -0.39 is 0 Å². The van der Waals surface area contributed by atoms with Crippen LogP contribution in [-0.2, 0) is 6.54 Å². The zero-order valence-electron chi connectivity index (χ0n) is 8.94. The van der Waals surface area contributed by atoms with Crippen molar-refractivity contribution in [3.63, 3.8) is 0 Å². The molecule has 2 aromatic rings. The lowest BCUT2D eigenvalue weighted by molar-refractivity contribution is 0.808. The van der Waals surface area contributed by atoms with Gasteiger partial charge in [-0.3, -0.25) is 0 Å². The molecule has 0 aliphatic rings. The van der Waals surface area contributed by atoms with E-state index >= 15 is 0 Å². The fraction of sp³-hybridized carbons (Fsp3) is 0.273. The molecule has 1 aromatic carbocycles. The molecule has 15 heavy (non-hydrogen) atoms. The molecule has 2 rings (SSSR count). The van der Waals surface area contributed by atoms with Gasteiger partial charge in [-0.2, -0.15) is 5.10 Å². The molecule has 78 valence electrons. The lowest BCUT2D eigenvalue weighted by Gasteiger charge is -2.07. The molecule has 0 amide bonds. The summed E-state index contributed by atoms with van der Waals surface area (Å²) in [6.45, 7) is 3.00. The van der Waals surface area contributed by atoms with Gasteiger partial charge in [-0.05, 0) is 37.2 Å². The first-order valence-corrected chi connectivity index (χ1v) is 4.90. The Morgan fingerprint density at radius 3 is 2.87 bits per heavy atom. The standard InChI is InChI=1S/C11H14N4/c1-9-5-11(15-8-13-7-14-15)4-3-10(9)6-12-2/h3-5,7-8,12H,6H2,1-2H3. The molecular formula is C11H14N4. The van der Waals surface area contributed by atoms with Gasteiger partial charge in [0.15, 0.2) is 0 Å². The summed E-state index contributed by atoms with van der Waals surface area (Å²) in [5.74, 6) is 0. The summed E-state index contributed by atoms with van der Waals surface area (Å²) in [5, 5.41) is 7.24. The van der Waals surface area contributed by atoms with E-state index in [-0.39, 0.29) is 0 Å². The average Bonchev–Trinajstić information content (AvgIpc) is 2.74. The van der Waals surface area contributed by atoms with E-state index in [1.165, 1.54) is 17.5 Å². The molecule has 1 aromatic heterocycles. The Kier molecular flexibility index (Phi) is 2.78. The van der Waals surface area contributed by atoms with Gasteiger partial charge in [0, 0.05) is 6.54 Å². The number of hydrogen-bond acceptors (Lipinski definition) is 3. The topological polar surface area (TPSA) is 42.7 Å². The van der Waals surface area contributed by atoms with Crippen LogP contribution in [0.1, 0.15) is 11.1 Å². The van der Waals surface area contributed by atoms with Crippen molar-refractivity contribution < 1.29 is 0 Å². The second-order valence-corrected chi connectivity index (χ2v) is 3.48. The summed E-state index contributed by atoms with van der Waals surface area (Å²) in [5.41, 5.74) is 3.61. The quantitative estimate of drug-likeness (QED) is 0.815. The molecule has 0 spiro atoms. The molecule has 1 N–H and O–H groups in total. The summed E-state index contributed by atoms with van der Waals surface area (Å²) < 4.78 is 1.76. The molecule has 0 bridgehead atoms. The molecule has 0 aliphatic heterocycles. The van der Waals surface area contributed by atoms with Crippen molar-refractivity contribution in [3.8, 4) is 5.69 Å². The number of aromatic nitrogens is 3. The predicted octanol–water partition coefficient (Wildman–Crippen LogP) is 1.30. The van der Waals surface area contributed by atoms with Crippen molar-refractivity contribution in [1.29, 1.82) is 0 Å². The zero-order valence-corrected chi connectivity index (χ0v) is 8.94. The number of hydrogen-bond donors (Lipinski definition) is 1. The highest BCUT2D eigenvalue weighted by Crippen LogP contribution is 2.13. The predicted molar refractivity (Wildman–Crippen MR) is 58.9 cm³/mol. The van der Waals surface area contributed by atoms with Crippen LogP contribution in [0.3, 0.4) is 0 Å². The minimum absolute atomic E-state index is 0.892. The number of rotatable bonds is 3. The maximum atomic E-state index is 4.09. The van der Waals surface area contributed by atoms with Gasteiger partial charge in [-0.15, -0.1) is 0 Å². The summed E-state index contributed by atoms with van der Waals surface area (Å²) in [6, 6.07) is 6.28. The lowest BCUT2D eigenvalue weighted by atomic mass is 10.1. The second kappa shape index (κ2) is 4.23. The highest BCUT2D eigenvalue weighted by atomic mass is 15.3. The number of nitrogens with one attached hydrogen (secondary N) is 1. The normalized spacial score (nSPS) is 10.5. The van der Waals surface area contributed by atoms with Crippen molar-refractivity contribution in [2.24, 2.45) is 0 Å². The summed E-state index contributed by atoms with van der Waals surface area (Å²) in [4.78, 5) is 3.93. The summed E-state index contributed by atoms with van der Waals surface area (Å²) in [7, 11) is 1.95. The Morgan fingerprint density at radius 2 is 2.27 bits per heavy atom. The van der Waals surface area contributed by atoms with E-state index in [1.54, 1.807) is 11.0 Å². The molecule has 1 heterocycles. The first-order valence-electron chi connectivity index (χ1n) is 4.90. The van der Waals surface area contributed by atoms with Crippen LogP contribution in [0.4, 0.5) is 0 Å². The van der Waals surface area contributed by atoms with E-state index in [4.69, 9.17) is 0 Å². The average molecular weight is 202 g/mol. The third-order valence-corrected chi connectivity index (χ3v) is 2.38. The van der Waals surface area contributed by atoms with Crippen molar-refractivity contribution in [1.82, 2.24) is 20.1 Å². The maximum absolute atomic E-state index is 4.09. The maximum Gasteiger partial charge on any atom is 0.138 e. The highest BCUT2D eigenvalue weighted by Gasteiger charge is 2.01. The number of benzene rings is 1. The van der Waals surface area contributed by atoms with E-state index in [2.05, 4.69) is 34.5 Å². The van der Waals surface area contributed by atoms with Crippen molar-refractivity contribution >= 4 is 0 Å². The van der Waals surface area contributed by atoms with Crippen LogP contribution in [-0.4, -0.2) is 21.8 Å². The SMILES string of the molecule is CNCc1ccc(-n2cncn2)cc1C. The van der Waals surface area contributed by atoms with Crippen LogP contribution >= 0.6 is 0 Å². The van der Waals surface area contributed by atoms with E-state index in [9.17, 15) is 0 Å². The Labute approximate surface area is 89.0 Å². The Balaban J connectivity index is 2.33. The molecule has 0 fully saturated rings. The monoisotopic (exact) mass is 202 g/mol. The fourth-order valence-electron chi connectivity index (χ4n) is 1.55. The second-order valence-electron chi connectivity index (χ2n) is 3.48. The van der Waals surface area contributed by atoms with Gasteiger partial charge in [0.1, 0.15) is 12.7 Å². The number of nitrogens with zero attached hydrogens (tertiary/aromatic N) is 3. The lowest BCUT2D eigenvalue weighted by Crippen LogP contribution is -2.07. The van der Waals surface area contributed by atoms with E-state index in [0.29, 0.717) is 0 Å². The van der Waals surface area contributed by atoms with E-state index in [1.807, 2.05) is 13.1 Å². The van der Waals surface area contributed by atoms with Crippen LogP contribution in [0.25, 0.3) is 5.69 Å². The first-order chi connectivity index (χ1) is 7.31. The minimum Gasteiger partial charge on any atom is -0.316 e. The highest BCUT2D eigenvalue weighted by molar-refractivity contribution is 5.39. The molecule has 0 atom stereocenters. The van der Waals surface area contributed by atoms with Gasteiger partial charge >= 0.3 is 0 Å². The van der Waals surface area contributed by atoms with Crippen molar-refractivity contribution in [3.05, 3.63) is 42.0 Å². The minimum atomic E-state index is 0.892. The Bertz CT molecular complexity index is 434. The molecule has 0 unspecified atom stereocenters. The van der Waals surface area contributed by atoms with Crippen LogP contribution < -0.4 is 5.32 Å². The third kappa shape index (κ3) is 2.05. The van der Waals surface area contributed by atoms with Gasteiger partial charge in [0.05, 0.1) is 5.69 Å². The molecule has 0 radical (unpaired) electrons. The molecule has 4 nitrogen and oxygen atoms in total. The molecule has 4 heteroatoms. The first kappa shape index (κ1) is 9.86. The van der Waals surface area contributed by atoms with Gasteiger partial charge < -0.3 is 5.32 Å². The zero-order chi connectivity index (χ0) is 10.7. The summed E-state index contributed by atoms with van der Waals surface area (Å²) in [6.07, 6.45) is 3.24. The third-order valence-electron chi connectivity index (χ3n) is 2.38. The van der Waals surface area contributed by atoms with Crippen molar-refractivity contribution in [2.45, 2.75) is 13.5 Å². The van der Waals surface area contributed by atoms with Crippen LogP contribution in [0, 0.1) is 6.92 Å². The van der Waals surface area contributed by atoms with E-state index in [0.717, 1.165) is 12.2 Å². The smallest absolute Gasteiger partial charge is 0.138 e. The largest absolute Gasteiger partial charge is 0.316 e. The molecule has 0 saturated carbocycles. The van der Waals surface area contributed by atoms with Gasteiger partial charge in [-0.25, -0.2) is 9.67 Å². The number of aryl methyl sites for hydroxylation is 1. The van der Waals surface area contributed by atoms with Crippen LogP contribution in [0.2, 0.25) is 0 Å². The Morgan fingerprint density at radius 1 is 1.40 bits per heavy atom. The Hall–Kier alpha value is -1.68. The fourth-order valence-corrected chi connectivity index (χ4v) is 1.55. The molecule has 0 saturated heterocycles. The molecule has 0 aliphatic carbocycles. The van der Waals surface area contributed by atoms with Crippen LogP contribution in [0.5, 0.6) is 0 Å². The van der Waals surface area contributed by atoms with Gasteiger partial charge in [-0.1, -0.05) is 6.07 Å². The van der Waals surface area contributed by atoms with Crippen molar-refractivity contribution in [2.75, 3.05) is 7.05 Å². The summed E-state index contributed by atoms with van der Waals surface area (Å²) >= 11 is 0. The molecular weight excluding hydrogens is 188 g/mol. The van der Waals surface area contributed by atoms with Gasteiger partial charge in [0.25, 0.3) is 0 Å². The van der Waals surface area contributed by atoms with Crippen LogP contribution in [0.15, 0.2) is 30.9 Å². The van der Waals surface area contributed by atoms with Gasteiger partial charge in [0.2, 0.25) is 0 Å².